The molecule has 0 atom stereocenters. The molecule has 5 aromatic rings. The summed E-state index contributed by atoms with van der Waals surface area (Å²) in [7, 11) is -0.182. The van der Waals surface area contributed by atoms with Crippen molar-refractivity contribution in [2.75, 3.05) is 26.6 Å². The summed E-state index contributed by atoms with van der Waals surface area (Å²) in [4.78, 5) is 25.7. The number of H-pyrrole nitrogens is 1. The molecule has 0 aliphatic carbocycles. The first kappa shape index (κ1) is 31.7. The molecule has 3 N–H and O–H groups in total. The Morgan fingerprint density at radius 3 is 2.26 bits per heavy atom. The smallest absolute Gasteiger partial charge is 0.435 e. The van der Waals surface area contributed by atoms with E-state index in [0.717, 1.165) is 23.1 Å². The first-order valence-corrected chi connectivity index (χ1v) is 14.4. The van der Waals surface area contributed by atoms with Crippen molar-refractivity contribution >= 4 is 27.6 Å². The lowest BCUT2D eigenvalue weighted by molar-refractivity contribution is -0.141. The number of benzene rings is 1. The summed E-state index contributed by atoms with van der Waals surface area (Å²) < 4.78 is 84.8. The van der Waals surface area contributed by atoms with Gasteiger partial charge in [-0.05, 0) is 19.1 Å². The molecule has 15 nitrogen and oxygen atoms in total. The molecule has 46 heavy (non-hydrogen) atoms. The Labute approximate surface area is 258 Å². The molecule has 19 heteroatoms. The van der Waals surface area contributed by atoms with Crippen molar-refractivity contribution in [3.8, 4) is 34.3 Å². The summed E-state index contributed by atoms with van der Waals surface area (Å²) >= 11 is 0. The maximum Gasteiger partial charge on any atom is 0.435 e. The van der Waals surface area contributed by atoms with E-state index >= 15 is 0 Å². The monoisotopic (exact) mass is 659 g/mol. The van der Waals surface area contributed by atoms with E-state index in [2.05, 4.69) is 35.6 Å². The van der Waals surface area contributed by atoms with Crippen molar-refractivity contribution in [2.24, 2.45) is 0 Å². The van der Waals surface area contributed by atoms with Gasteiger partial charge >= 0.3 is 6.18 Å². The Balaban J connectivity index is 1.62. The number of hydrogen-bond acceptors (Lipinski definition) is 12. The van der Waals surface area contributed by atoms with Crippen molar-refractivity contribution < 1.29 is 40.6 Å². The van der Waals surface area contributed by atoms with E-state index in [-0.39, 0.29) is 44.9 Å². The zero-order chi connectivity index (χ0) is 33.2. The average Bonchev–Trinajstić information content (AvgIpc) is 3.71. The normalized spacial score (nSPS) is 11.6. The minimum absolute atomic E-state index is 0.0387. The summed E-state index contributed by atoms with van der Waals surface area (Å²) in [5.74, 6) is -0.601. The number of aromatic amines is 1. The third-order valence-electron chi connectivity index (χ3n) is 6.37. The molecular weight excluding hydrogens is 635 g/mol. The van der Waals surface area contributed by atoms with Gasteiger partial charge in [-0.15, -0.1) is 0 Å². The molecular formula is C27H24F3N9O6S. The largest absolute Gasteiger partial charge is 0.497 e. The van der Waals surface area contributed by atoms with Crippen LogP contribution in [0.15, 0.2) is 60.0 Å². The van der Waals surface area contributed by atoms with Gasteiger partial charge in [-0.25, -0.2) is 27.8 Å². The van der Waals surface area contributed by atoms with E-state index in [0.29, 0.717) is 17.2 Å². The summed E-state index contributed by atoms with van der Waals surface area (Å²) in [6.45, 7) is 1.40. The number of rotatable bonds is 10. The van der Waals surface area contributed by atoms with Crippen molar-refractivity contribution in [2.45, 2.75) is 18.0 Å². The molecule has 1 aromatic carbocycles. The number of methoxy groups -OCH3 is 3. The second kappa shape index (κ2) is 12.3. The number of nitrogens with zero attached hydrogens (tertiary/aromatic N) is 6. The number of anilines is 2. The minimum atomic E-state index is -4.76. The number of carbonyl (C=O) groups is 1. The molecule has 0 bridgehead atoms. The molecule has 0 saturated carbocycles. The van der Waals surface area contributed by atoms with Gasteiger partial charge in [-0.1, -0.05) is 0 Å². The van der Waals surface area contributed by atoms with Crippen LogP contribution in [0.5, 0.6) is 17.4 Å². The second-order valence-electron chi connectivity index (χ2n) is 9.39. The lowest BCUT2D eigenvalue weighted by Gasteiger charge is -2.15. The van der Waals surface area contributed by atoms with Crippen LogP contribution in [0, 0.1) is 6.92 Å². The number of carbonyl (C=O) groups excluding carboxylic acids is 1. The molecule has 240 valence electrons. The molecule has 0 spiro atoms. The molecule has 4 heterocycles. The van der Waals surface area contributed by atoms with Crippen molar-refractivity contribution in [3.63, 3.8) is 0 Å². The topological polar surface area (TPSA) is 188 Å². The quantitative estimate of drug-likeness (QED) is 0.198. The first-order chi connectivity index (χ1) is 21.8. The summed E-state index contributed by atoms with van der Waals surface area (Å²) in [6.07, 6.45) is -0.140. The zero-order valence-electron chi connectivity index (χ0n) is 24.4. The van der Waals surface area contributed by atoms with Gasteiger partial charge in [0.1, 0.15) is 22.0 Å². The molecule has 1 amide bonds. The van der Waals surface area contributed by atoms with Crippen LogP contribution in [-0.4, -0.2) is 70.6 Å². The highest BCUT2D eigenvalue weighted by Gasteiger charge is 2.35. The van der Waals surface area contributed by atoms with Crippen LogP contribution >= 0.6 is 0 Å². The van der Waals surface area contributed by atoms with Crippen LogP contribution in [0.2, 0.25) is 0 Å². The van der Waals surface area contributed by atoms with Gasteiger partial charge in [0.25, 0.3) is 15.9 Å². The fourth-order valence-electron chi connectivity index (χ4n) is 4.18. The molecule has 0 aliphatic rings. The van der Waals surface area contributed by atoms with Crippen LogP contribution in [0.1, 0.15) is 21.7 Å². The third kappa shape index (κ3) is 6.53. The number of sulfonamides is 1. The third-order valence-corrected chi connectivity index (χ3v) is 7.66. The predicted molar refractivity (Wildman–Crippen MR) is 155 cm³/mol. The summed E-state index contributed by atoms with van der Waals surface area (Å²) in [5.41, 5.74) is -0.745. The molecule has 5 rings (SSSR count). The van der Waals surface area contributed by atoms with Crippen molar-refractivity contribution in [1.29, 1.82) is 0 Å². The Hall–Kier alpha value is -5.72. The highest BCUT2D eigenvalue weighted by atomic mass is 32.2. The summed E-state index contributed by atoms with van der Waals surface area (Å²) in [6, 6.07) is 6.96. The van der Waals surface area contributed by atoms with Crippen LogP contribution < -0.4 is 24.2 Å². The number of amides is 1. The van der Waals surface area contributed by atoms with Crippen molar-refractivity contribution in [3.05, 3.63) is 72.1 Å². The van der Waals surface area contributed by atoms with E-state index in [9.17, 15) is 26.4 Å². The van der Waals surface area contributed by atoms with E-state index in [1.807, 2.05) is 4.72 Å². The molecule has 0 radical (unpaired) electrons. The SMILES string of the molecule is COc1cc(Nc2ncc(-c3cnc(OC)c(C(=O)NS(=O)(=O)c4cn[nH]c4)c3)c(-n3nc(C(F)(F)F)cc3C)n2)cc(OC)c1. The molecule has 0 unspecified atom stereocenters. The van der Waals surface area contributed by atoms with Gasteiger partial charge in [-0.2, -0.15) is 28.4 Å². The molecule has 0 saturated heterocycles. The van der Waals surface area contributed by atoms with Crippen LogP contribution in [0.4, 0.5) is 24.8 Å². The van der Waals surface area contributed by atoms with Crippen LogP contribution in [0.3, 0.4) is 0 Å². The number of halogens is 3. The van der Waals surface area contributed by atoms with Gasteiger partial charge in [-0.3, -0.25) is 9.89 Å². The molecule has 0 aliphatic heterocycles. The Morgan fingerprint density at radius 1 is 0.957 bits per heavy atom. The van der Waals surface area contributed by atoms with E-state index < -0.39 is 27.8 Å². The lowest BCUT2D eigenvalue weighted by Crippen LogP contribution is -2.30. The maximum atomic E-state index is 13.6. The van der Waals surface area contributed by atoms with Gasteiger partial charge in [0.2, 0.25) is 11.8 Å². The Kier molecular flexibility index (Phi) is 8.51. The van der Waals surface area contributed by atoms with E-state index in [1.165, 1.54) is 46.7 Å². The first-order valence-electron chi connectivity index (χ1n) is 12.9. The van der Waals surface area contributed by atoms with E-state index in [4.69, 9.17) is 14.2 Å². The number of hydrogen-bond donors (Lipinski definition) is 3. The highest BCUT2D eigenvalue weighted by molar-refractivity contribution is 7.90. The maximum absolute atomic E-state index is 13.6. The minimum Gasteiger partial charge on any atom is -0.497 e. The van der Waals surface area contributed by atoms with Gasteiger partial charge in [0, 0.05) is 59.3 Å². The Bertz CT molecular complexity index is 1990. The highest BCUT2D eigenvalue weighted by Crippen LogP contribution is 2.34. The predicted octanol–water partition coefficient (Wildman–Crippen LogP) is 3.66. The number of aryl methyl sites for hydroxylation is 1. The zero-order valence-corrected chi connectivity index (χ0v) is 25.2. The van der Waals surface area contributed by atoms with Crippen molar-refractivity contribution in [1.82, 2.24) is 39.7 Å². The average molecular weight is 660 g/mol. The van der Waals surface area contributed by atoms with Gasteiger partial charge in [0.05, 0.1) is 27.5 Å². The molecule has 4 aromatic heterocycles. The molecule has 0 fully saturated rings. The van der Waals surface area contributed by atoms with E-state index in [1.54, 1.807) is 18.2 Å². The number of aromatic nitrogens is 7. The number of nitrogens with one attached hydrogen (secondary N) is 3. The van der Waals surface area contributed by atoms with Gasteiger partial charge in [0.15, 0.2) is 11.5 Å². The summed E-state index contributed by atoms with van der Waals surface area (Å²) in [5, 5.41) is 12.6. The Morgan fingerprint density at radius 2 is 1.67 bits per heavy atom. The fraction of sp³-hybridized carbons (Fsp3) is 0.185. The number of pyridine rings is 1. The van der Waals surface area contributed by atoms with Crippen LogP contribution in [-0.2, 0) is 16.2 Å². The second-order valence-corrected chi connectivity index (χ2v) is 11.1. The van der Waals surface area contributed by atoms with Gasteiger partial charge < -0.3 is 19.5 Å². The van der Waals surface area contributed by atoms with Crippen LogP contribution in [0.25, 0.3) is 16.9 Å². The number of alkyl halides is 3. The lowest BCUT2D eigenvalue weighted by atomic mass is 10.1. The fourth-order valence-corrected chi connectivity index (χ4v) is 5.05. The number of ether oxygens (including phenoxy) is 3. The standard InChI is InChI=1S/C27H24F3N9O6S/c1-14-5-22(27(28,29)30)37-39(14)23-21(13-32-26(36-23)35-16-7-17(43-2)9-18(8-16)44-3)15-6-20(25(45-4)31-10-15)24(40)38-46(41,42)19-11-33-34-12-19/h5-13H,1-4H3,(H,33,34)(H,38,40)(H,32,35,36).